The van der Waals surface area contributed by atoms with Gasteiger partial charge in [-0.25, -0.2) is 9.67 Å². The third kappa shape index (κ3) is 3.51. The molecule has 4 rings (SSSR count). The number of unbranched alkanes of at least 4 members (excludes halogenated alkanes) is 1. The normalized spacial score (nSPS) is 11.6. The number of hydrogen-bond acceptors (Lipinski definition) is 7. The van der Waals surface area contributed by atoms with Crippen molar-refractivity contribution >= 4 is 33.8 Å². The molecular weight excluding hydrogens is 360 g/mol. The van der Waals surface area contributed by atoms with E-state index in [1.165, 1.54) is 11.8 Å². The SMILES string of the molecule is CCCCn1nnnc1CSc1nnc2c3ccccc3n(CCC)c2n1. The minimum atomic E-state index is 0.623. The molecule has 8 nitrogen and oxygen atoms in total. The van der Waals surface area contributed by atoms with Crippen LogP contribution in [0.25, 0.3) is 22.1 Å². The summed E-state index contributed by atoms with van der Waals surface area (Å²) in [5, 5.41) is 22.5. The molecule has 27 heavy (non-hydrogen) atoms. The fourth-order valence-corrected chi connectivity index (χ4v) is 3.85. The lowest BCUT2D eigenvalue weighted by atomic mass is 10.2. The van der Waals surface area contributed by atoms with E-state index in [-0.39, 0.29) is 0 Å². The molecule has 0 radical (unpaired) electrons. The second kappa shape index (κ2) is 7.99. The van der Waals surface area contributed by atoms with Crippen molar-refractivity contribution in [3.05, 3.63) is 30.1 Å². The van der Waals surface area contributed by atoms with Crippen LogP contribution < -0.4 is 0 Å². The first-order valence-corrected chi connectivity index (χ1v) is 10.3. The van der Waals surface area contributed by atoms with Crippen molar-refractivity contribution < 1.29 is 0 Å². The van der Waals surface area contributed by atoms with Gasteiger partial charge >= 0.3 is 0 Å². The number of tetrazole rings is 1. The van der Waals surface area contributed by atoms with E-state index >= 15 is 0 Å². The minimum absolute atomic E-state index is 0.623. The largest absolute Gasteiger partial charge is 0.324 e. The standard InChI is InChI=1S/C18H22N8S/c1-3-5-11-26-15(20-23-24-26)12-27-18-19-17-16(21-22-18)13-8-6-7-9-14(13)25(17)10-4-2/h6-9H,3-5,10-12H2,1-2H3. The quantitative estimate of drug-likeness (QED) is 0.431. The van der Waals surface area contributed by atoms with Gasteiger partial charge in [0.05, 0.1) is 11.3 Å². The Morgan fingerprint density at radius 3 is 2.74 bits per heavy atom. The van der Waals surface area contributed by atoms with Gasteiger partial charge in [-0.15, -0.1) is 15.3 Å². The van der Waals surface area contributed by atoms with E-state index in [2.05, 4.69) is 56.3 Å². The molecule has 3 heterocycles. The van der Waals surface area contributed by atoms with Gasteiger partial charge in [0.15, 0.2) is 11.5 Å². The van der Waals surface area contributed by atoms with Crippen LogP contribution in [-0.2, 0) is 18.8 Å². The highest BCUT2D eigenvalue weighted by Gasteiger charge is 2.15. The molecule has 0 unspecified atom stereocenters. The lowest BCUT2D eigenvalue weighted by molar-refractivity contribution is 0.540. The fraction of sp³-hybridized carbons (Fsp3) is 0.444. The highest BCUT2D eigenvalue weighted by molar-refractivity contribution is 7.98. The molecular formula is C18H22N8S. The molecule has 3 aromatic heterocycles. The van der Waals surface area contributed by atoms with E-state index in [9.17, 15) is 0 Å². The summed E-state index contributed by atoms with van der Waals surface area (Å²) in [6.07, 6.45) is 3.20. The number of rotatable bonds is 8. The van der Waals surface area contributed by atoms with Gasteiger partial charge in [0.25, 0.3) is 0 Å². The summed E-state index contributed by atoms with van der Waals surface area (Å²) < 4.78 is 4.09. The summed E-state index contributed by atoms with van der Waals surface area (Å²) in [6, 6.07) is 8.27. The Balaban J connectivity index is 1.63. The molecule has 0 fully saturated rings. The van der Waals surface area contributed by atoms with E-state index in [0.29, 0.717) is 10.9 Å². The molecule has 1 aromatic carbocycles. The molecule has 0 aliphatic carbocycles. The molecule has 0 bridgehead atoms. The molecule has 0 spiro atoms. The second-order valence-corrected chi connectivity index (χ2v) is 7.34. The van der Waals surface area contributed by atoms with Crippen molar-refractivity contribution in [3.63, 3.8) is 0 Å². The fourth-order valence-electron chi connectivity index (χ4n) is 3.14. The zero-order valence-corrected chi connectivity index (χ0v) is 16.4. The molecule has 0 saturated heterocycles. The van der Waals surface area contributed by atoms with Crippen molar-refractivity contribution in [1.82, 2.24) is 40.0 Å². The van der Waals surface area contributed by atoms with Crippen molar-refractivity contribution in [3.8, 4) is 0 Å². The van der Waals surface area contributed by atoms with Crippen LogP contribution in [0.15, 0.2) is 29.4 Å². The van der Waals surface area contributed by atoms with Gasteiger partial charge in [0.1, 0.15) is 5.52 Å². The molecule has 9 heteroatoms. The molecule has 4 aromatic rings. The third-order valence-electron chi connectivity index (χ3n) is 4.46. The van der Waals surface area contributed by atoms with Crippen LogP contribution in [-0.4, -0.2) is 40.0 Å². The first-order chi connectivity index (χ1) is 13.3. The molecule has 0 N–H and O–H groups in total. The summed E-state index contributed by atoms with van der Waals surface area (Å²) in [7, 11) is 0. The minimum Gasteiger partial charge on any atom is -0.324 e. The van der Waals surface area contributed by atoms with E-state index in [4.69, 9.17) is 4.98 Å². The zero-order valence-electron chi connectivity index (χ0n) is 15.5. The van der Waals surface area contributed by atoms with Crippen LogP contribution in [0.3, 0.4) is 0 Å². The van der Waals surface area contributed by atoms with Gasteiger partial charge in [-0.3, -0.25) is 0 Å². The van der Waals surface area contributed by atoms with Gasteiger partial charge in [0.2, 0.25) is 5.16 Å². The van der Waals surface area contributed by atoms with Crippen LogP contribution in [0.2, 0.25) is 0 Å². The lowest BCUT2D eigenvalue weighted by Gasteiger charge is -2.05. The Kier molecular flexibility index (Phi) is 5.28. The maximum absolute atomic E-state index is 4.80. The molecule has 0 amide bonds. The number of aryl methyl sites for hydroxylation is 2. The Morgan fingerprint density at radius 2 is 1.89 bits per heavy atom. The van der Waals surface area contributed by atoms with Gasteiger partial charge < -0.3 is 4.57 Å². The highest BCUT2D eigenvalue weighted by atomic mass is 32.2. The van der Waals surface area contributed by atoms with Crippen molar-refractivity contribution in [2.24, 2.45) is 0 Å². The first-order valence-electron chi connectivity index (χ1n) is 9.31. The zero-order chi connectivity index (χ0) is 18.6. The predicted octanol–water partition coefficient (Wildman–Crippen LogP) is 3.47. The molecule has 0 saturated carbocycles. The second-order valence-electron chi connectivity index (χ2n) is 6.40. The predicted molar refractivity (Wildman–Crippen MR) is 105 cm³/mol. The Bertz CT molecular complexity index is 1050. The number of nitrogens with zero attached hydrogens (tertiary/aromatic N) is 8. The first kappa shape index (κ1) is 17.8. The van der Waals surface area contributed by atoms with Crippen LogP contribution >= 0.6 is 11.8 Å². The summed E-state index contributed by atoms with van der Waals surface area (Å²) in [5.41, 5.74) is 2.90. The summed E-state index contributed by atoms with van der Waals surface area (Å²) in [5.74, 6) is 1.46. The average Bonchev–Trinajstić information content (AvgIpc) is 3.28. The smallest absolute Gasteiger partial charge is 0.211 e. The van der Waals surface area contributed by atoms with Crippen molar-refractivity contribution in [2.75, 3.05) is 0 Å². The number of fused-ring (bicyclic) bond motifs is 3. The monoisotopic (exact) mass is 382 g/mol. The van der Waals surface area contributed by atoms with Gasteiger partial charge in [-0.1, -0.05) is 50.2 Å². The maximum Gasteiger partial charge on any atom is 0.211 e. The van der Waals surface area contributed by atoms with E-state index in [0.717, 1.165) is 60.2 Å². The molecule has 0 atom stereocenters. The number of thioether (sulfide) groups is 1. The highest BCUT2D eigenvalue weighted by Crippen LogP contribution is 2.28. The molecule has 140 valence electrons. The van der Waals surface area contributed by atoms with E-state index in [1.54, 1.807) is 0 Å². The number of benzene rings is 1. The lowest BCUT2D eigenvalue weighted by Crippen LogP contribution is -2.05. The van der Waals surface area contributed by atoms with Crippen LogP contribution in [0.1, 0.15) is 38.9 Å². The Morgan fingerprint density at radius 1 is 1.00 bits per heavy atom. The summed E-state index contributed by atoms with van der Waals surface area (Å²) >= 11 is 1.52. The Labute approximate surface area is 161 Å². The van der Waals surface area contributed by atoms with Gasteiger partial charge in [-0.05, 0) is 29.3 Å². The number of aromatic nitrogens is 8. The van der Waals surface area contributed by atoms with Crippen LogP contribution in [0.5, 0.6) is 0 Å². The summed E-state index contributed by atoms with van der Waals surface area (Å²) in [4.78, 5) is 4.80. The number of para-hydroxylation sites is 1. The Hall–Kier alpha value is -2.55. The molecule has 0 aliphatic heterocycles. The summed E-state index contributed by atoms with van der Waals surface area (Å²) in [6.45, 7) is 6.06. The van der Waals surface area contributed by atoms with E-state index in [1.807, 2.05) is 16.8 Å². The maximum atomic E-state index is 4.80. The molecule has 0 aliphatic rings. The van der Waals surface area contributed by atoms with Crippen molar-refractivity contribution in [1.29, 1.82) is 0 Å². The average molecular weight is 382 g/mol. The number of hydrogen-bond donors (Lipinski definition) is 0. The topological polar surface area (TPSA) is 87.2 Å². The van der Waals surface area contributed by atoms with Gasteiger partial charge in [-0.2, -0.15) is 0 Å². The van der Waals surface area contributed by atoms with Crippen molar-refractivity contribution in [2.45, 2.75) is 57.1 Å². The third-order valence-corrected chi connectivity index (χ3v) is 5.30. The van der Waals surface area contributed by atoms with Crippen LogP contribution in [0, 0.1) is 0 Å². The van der Waals surface area contributed by atoms with E-state index < -0.39 is 0 Å². The van der Waals surface area contributed by atoms with Gasteiger partial charge in [0, 0.05) is 18.5 Å². The van der Waals surface area contributed by atoms with Crippen LogP contribution in [0.4, 0.5) is 0 Å².